The molecule has 0 spiro atoms. The van der Waals surface area contributed by atoms with Crippen molar-refractivity contribution >= 4 is 12.0 Å². The van der Waals surface area contributed by atoms with E-state index in [-0.39, 0.29) is 11.9 Å². The van der Waals surface area contributed by atoms with Gasteiger partial charge in [0.2, 0.25) is 0 Å². The number of nitrogens with zero attached hydrogens (tertiary/aromatic N) is 5. The molecule has 1 unspecified atom stereocenters. The maximum atomic E-state index is 13.0. The molecule has 0 aliphatic carbocycles. The Morgan fingerprint density at radius 3 is 2.23 bits per heavy atom. The monoisotopic (exact) mass is 445 g/mol. The van der Waals surface area contributed by atoms with Gasteiger partial charge >= 0.3 is 12.4 Å². The minimum Gasteiger partial charge on any atom is -0.373 e. The molecule has 0 aliphatic rings. The summed E-state index contributed by atoms with van der Waals surface area (Å²) in [4.78, 5) is 11.4. The lowest BCUT2D eigenvalue weighted by atomic mass is 10.0. The molecule has 0 radical (unpaired) electrons. The predicted molar refractivity (Wildman–Crippen MR) is 95.6 cm³/mol. The second-order valence-corrected chi connectivity index (χ2v) is 5.99. The van der Waals surface area contributed by atoms with E-state index in [1.165, 1.54) is 30.9 Å². The van der Waals surface area contributed by atoms with E-state index in [4.69, 9.17) is 0 Å². The fourth-order valence-corrected chi connectivity index (χ4v) is 2.29. The van der Waals surface area contributed by atoms with Crippen molar-refractivity contribution in [2.45, 2.75) is 18.6 Å². The molecule has 0 fully saturated rings. The molecule has 31 heavy (non-hydrogen) atoms. The summed E-state index contributed by atoms with van der Waals surface area (Å²) >= 11 is 0. The van der Waals surface area contributed by atoms with Crippen LogP contribution < -0.4 is 10.9 Å². The lowest BCUT2D eigenvalue weighted by molar-refractivity contribution is -0.143. The third kappa shape index (κ3) is 5.99. The number of hydrogen-bond donors (Lipinski definition) is 3. The van der Waals surface area contributed by atoms with Crippen molar-refractivity contribution in [3.05, 3.63) is 60.3 Å². The van der Waals surface area contributed by atoms with Crippen LogP contribution in [-0.4, -0.2) is 36.1 Å². The van der Waals surface area contributed by atoms with Crippen LogP contribution >= 0.6 is 0 Å². The molecule has 8 nitrogen and oxygen atoms in total. The normalized spacial score (nSPS) is 13.5. The van der Waals surface area contributed by atoms with Gasteiger partial charge < -0.3 is 10.5 Å². The van der Waals surface area contributed by atoms with E-state index in [2.05, 4.69) is 30.9 Å². The van der Waals surface area contributed by atoms with Crippen molar-refractivity contribution in [1.29, 1.82) is 0 Å². The smallest absolute Gasteiger partial charge is 0.373 e. The van der Waals surface area contributed by atoms with Gasteiger partial charge in [-0.3, -0.25) is 4.98 Å². The Balaban J connectivity index is 1.76. The van der Waals surface area contributed by atoms with Gasteiger partial charge in [0.05, 0.1) is 17.3 Å². The Labute approximate surface area is 170 Å². The molecule has 3 aromatic rings. The first-order chi connectivity index (χ1) is 14.5. The van der Waals surface area contributed by atoms with Gasteiger partial charge in [0.1, 0.15) is 12.6 Å². The van der Waals surface area contributed by atoms with E-state index < -0.39 is 35.3 Å². The number of benzene rings is 1. The first kappa shape index (κ1) is 22.2. The van der Waals surface area contributed by atoms with E-state index in [0.717, 1.165) is 11.0 Å². The molecule has 3 N–H and O–H groups in total. The van der Waals surface area contributed by atoms with Crippen molar-refractivity contribution in [1.82, 2.24) is 30.2 Å². The molecule has 0 saturated carbocycles. The Hall–Kier alpha value is -3.52. The maximum Gasteiger partial charge on any atom is 0.416 e. The third-order valence-corrected chi connectivity index (χ3v) is 3.69. The summed E-state index contributed by atoms with van der Waals surface area (Å²) < 4.78 is 78.9. The number of aromatic nitrogens is 5. The number of nitrogens with one attached hydrogen (secondary N) is 2. The Morgan fingerprint density at radius 2 is 1.65 bits per heavy atom. The highest BCUT2D eigenvalue weighted by Crippen LogP contribution is 2.38. The zero-order chi connectivity index (χ0) is 22.6. The highest BCUT2D eigenvalue weighted by Gasteiger charge is 2.37. The molecule has 2 aromatic heterocycles. The van der Waals surface area contributed by atoms with Crippen LogP contribution in [0.1, 0.15) is 11.1 Å². The largest absolute Gasteiger partial charge is 0.416 e. The number of aliphatic hydroxyl groups excluding tert-OH is 1. The summed E-state index contributed by atoms with van der Waals surface area (Å²) in [6.07, 6.45) is -3.51. The van der Waals surface area contributed by atoms with Gasteiger partial charge in [0.15, 0.2) is 11.6 Å². The van der Waals surface area contributed by atoms with E-state index >= 15 is 0 Å². The Kier molecular flexibility index (Phi) is 6.21. The second kappa shape index (κ2) is 8.69. The number of aliphatic hydroxyl groups is 1. The fourth-order valence-electron chi connectivity index (χ4n) is 2.29. The van der Waals surface area contributed by atoms with Crippen molar-refractivity contribution in [3.63, 3.8) is 0 Å². The van der Waals surface area contributed by atoms with Crippen LogP contribution in [0.15, 0.2) is 49.2 Å². The topological polar surface area (TPSA) is 101 Å². The highest BCUT2D eigenvalue weighted by atomic mass is 19.4. The van der Waals surface area contributed by atoms with Crippen LogP contribution in [0.2, 0.25) is 0 Å². The summed E-state index contributed by atoms with van der Waals surface area (Å²) in [5.41, 5.74) is 1.62. The second-order valence-electron chi connectivity index (χ2n) is 5.99. The van der Waals surface area contributed by atoms with Gasteiger partial charge in [0.25, 0.3) is 0 Å². The summed E-state index contributed by atoms with van der Waals surface area (Å²) in [7, 11) is 0. The van der Waals surface area contributed by atoms with Crippen LogP contribution in [0.25, 0.3) is 17.6 Å². The number of halogens is 6. The lowest BCUT2D eigenvalue weighted by Crippen LogP contribution is -2.32. The molecule has 0 aliphatic heterocycles. The highest BCUT2D eigenvalue weighted by molar-refractivity contribution is 5.58. The third-order valence-electron chi connectivity index (χ3n) is 3.69. The van der Waals surface area contributed by atoms with E-state index in [0.29, 0.717) is 18.0 Å². The number of hydrazine groups is 1. The molecule has 1 atom stereocenters. The minimum absolute atomic E-state index is 0.0204. The zero-order valence-electron chi connectivity index (χ0n) is 15.2. The molecule has 0 saturated heterocycles. The van der Waals surface area contributed by atoms with Gasteiger partial charge in [-0.1, -0.05) is 0 Å². The molecule has 164 valence electrons. The first-order valence-corrected chi connectivity index (χ1v) is 8.37. The van der Waals surface area contributed by atoms with E-state index in [1.807, 2.05) is 0 Å². The Bertz CT molecular complexity index is 1020. The van der Waals surface area contributed by atoms with Gasteiger partial charge in [-0.25, -0.2) is 20.1 Å². The molecule has 1 aromatic carbocycles. The molecule has 0 bridgehead atoms. The molecule has 0 amide bonds. The van der Waals surface area contributed by atoms with E-state index in [1.54, 1.807) is 0 Å². The molecule has 14 heteroatoms. The summed E-state index contributed by atoms with van der Waals surface area (Å²) in [5, 5.41) is 13.6. The quantitative estimate of drug-likeness (QED) is 0.304. The van der Waals surface area contributed by atoms with Gasteiger partial charge in [0, 0.05) is 24.2 Å². The SMILES string of the molecule is OC(/C=C\n1cnc(-c2cc(C(F)(F)F)cc(C(F)(F)F)c2)n1)NNc1cnccn1. The predicted octanol–water partition coefficient (Wildman–Crippen LogP) is 3.18. The molecular weight excluding hydrogens is 432 g/mol. The van der Waals surface area contributed by atoms with Crippen molar-refractivity contribution < 1.29 is 31.4 Å². The maximum absolute atomic E-state index is 13.0. The lowest BCUT2D eigenvalue weighted by Gasteiger charge is -2.13. The van der Waals surface area contributed by atoms with Crippen LogP contribution in [0.3, 0.4) is 0 Å². The van der Waals surface area contributed by atoms with Crippen LogP contribution in [0.5, 0.6) is 0 Å². The van der Waals surface area contributed by atoms with Crippen molar-refractivity contribution in [3.8, 4) is 11.4 Å². The Morgan fingerprint density at radius 1 is 0.968 bits per heavy atom. The van der Waals surface area contributed by atoms with Gasteiger partial charge in [-0.05, 0) is 24.3 Å². The molecular formula is C17H13F6N7O. The summed E-state index contributed by atoms with van der Waals surface area (Å²) in [6, 6.07) is 1.08. The summed E-state index contributed by atoms with van der Waals surface area (Å²) in [6.45, 7) is 0. The molecule has 3 rings (SSSR count). The zero-order valence-corrected chi connectivity index (χ0v) is 15.2. The number of anilines is 1. The standard InChI is InChI=1S/C17H13F6N7O/c18-16(19,20)11-5-10(6-12(7-11)17(21,22)23)15-26-9-30(29-15)4-1-14(31)28-27-13-8-24-2-3-25-13/h1-9,14,28,31H,(H,25,27)/b4-1-. The number of rotatable bonds is 6. The van der Waals surface area contributed by atoms with Crippen LogP contribution in [-0.2, 0) is 12.4 Å². The van der Waals surface area contributed by atoms with Gasteiger partial charge in [-0.15, -0.1) is 5.10 Å². The van der Waals surface area contributed by atoms with Crippen molar-refractivity contribution in [2.75, 3.05) is 5.43 Å². The minimum atomic E-state index is -4.98. The van der Waals surface area contributed by atoms with Crippen molar-refractivity contribution in [2.24, 2.45) is 0 Å². The average molecular weight is 445 g/mol. The van der Waals surface area contributed by atoms with Crippen LogP contribution in [0, 0.1) is 0 Å². The van der Waals surface area contributed by atoms with Crippen LogP contribution in [0.4, 0.5) is 32.2 Å². The average Bonchev–Trinajstić information content (AvgIpc) is 3.19. The van der Waals surface area contributed by atoms with Gasteiger partial charge in [-0.2, -0.15) is 26.3 Å². The number of alkyl halides is 6. The summed E-state index contributed by atoms with van der Waals surface area (Å²) in [5.74, 6) is -0.0376. The fraction of sp³-hybridized carbons (Fsp3) is 0.176. The number of hydrogen-bond acceptors (Lipinski definition) is 7. The van der Waals surface area contributed by atoms with E-state index in [9.17, 15) is 31.4 Å². The first-order valence-electron chi connectivity index (χ1n) is 8.37. The molecule has 2 heterocycles.